The van der Waals surface area contributed by atoms with E-state index in [9.17, 15) is 9.18 Å². The van der Waals surface area contributed by atoms with Gasteiger partial charge in [-0.3, -0.25) is 0 Å². The Kier molecular flexibility index (Phi) is 1.40. The SMILES string of the molecule is O=c1ncc2ccc(F)cc2[nH]1. The van der Waals surface area contributed by atoms with E-state index < -0.39 is 5.69 Å². The first kappa shape index (κ1) is 6.97. The molecule has 2 aromatic rings. The molecule has 1 heterocycles. The maximum atomic E-state index is 12.6. The van der Waals surface area contributed by atoms with Crippen LogP contribution in [0.2, 0.25) is 0 Å². The van der Waals surface area contributed by atoms with Crippen LogP contribution in [-0.4, -0.2) is 9.97 Å². The zero-order chi connectivity index (χ0) is 8.55. The lowest BCUT2D eigenvalue weighted by Crippen LogP contribution is -2.08. The predicted octanol–water partition coefficient (Wildman–Crippen LogP) is 1.06. The third kappa shape index (κ3) is 1.07. The molecule has 0 fully saturated rings. The van der Waals surface area contributed by atoms with E-state index in [-0.39, 0.29) is 5.82 Å². The highest BCUT2D eigenvalue weighted by atomic mass is 19.1. The summed E-state index contributed by atoms with van der Waals surface area (Å²) in [4.78, 5) is 16.6. The van der Waals surface area contributed by atoms with Gasteiger partial charge in [0, 0.05) is 11.6 Å². The summed E-state index contributed by atoms with van der Waals surface area (Å²) in [7, 11) is 0. The lowest BCUT2D eigenvalue weighted by molar-refractivity contribution is 0.629. The van der Waals surface area contributed by atoms with Crippen molar-refractivity contribution in [2.75, 3.05) is 0 Å². The fraction of sp³-hybridized carbons (Fsp3) is 0. The van der Waals surface area contributed by atoms with Gasteiger partial charge in [0.05, 0.1) is 5.52 Å². The van der Waals surface area contributed by atoms with Crippen molar-refractivity contribution < 1.29 is 4.39 Å². The van der Waals surface area contributed by atoms with Crippen LogP contribution in [0.1, 0.15) is 0 Å². The van der Waals surface area contributed by atoms with Crippen LogP contribution in [0.5, 0.6) is 0 Å². The number of nitrogens with one attached hydrogen (secondary N) is 1. The number of benzene rings is 1. The Morgan fingerprint density at radius 3 is 3.08 bits per heavy atom. The van der Waals surface area contributed by atoms with E-state index in [2.05, 4.69) is 9.97 Å². The number of hydrogen-bond acceptors (Lipinski definition) is 2. The molecule has 0 bridgehead atoms. The first-order chi connectivity index (χ1) is 5.75. The Balaban J connectivity index is 2.89. The van der Waals surface area contributed by atoms with Crippen molar-refractivity contribution in [1.82, 2.24) is 9.97 Å². The van der Waals surface area contributed by atoms with Crippen molar-refractivity contribution >= 4 is 10.9 Å². The molecule has 0 atom stereocenters. The fourth-order valence-corrected chi connectivity index (χ4v) is 1.02. The predicted molar refractivity (Wildman–Crippen MR) is 42.3 cm³/mol. The second-order valence-corrected chi connectivity index (χ2v) is 2.42. The van der Waals surface area contributed by atoms with Gasteiger partial charge in [0.2, 0.25) is 0 Å². The average Bonchev–Trinajstić information content (AvgIpc) is 2.03. The zero-order valence-corrected chi connectivity index (χ0v) is 6.04. The molecule has 1 N–H and O–H groups in total. The smallest absolute Gasteiger partial charge is 0.305 e. The van der Waals surface area contributed by atoms with Crippen LogP contribution in [-0.2, 0) is 0 Å². The molecule has 1 aromatic carbocycles. The van der Waals surface area contributed by atoms with Gasteiger partial charge in [-0.15, -0.1) is 0 Å². The Hall–Kier alpha value is -1.71. The molecule has 0 saturated carbocycles. The van der Waals surface area contributed by atoms with Gasteiger partial charge < -0.3 is 4.98 Å². The number of aromatic amines is 1. The van der Waals surface area contributed by atoms with Crippen LogP contribution in [0.25, 0.3) is 10.9 Å². The van der Waals surface area contributed by atoms with Gasteiger partial charge in [-0.1, -0.05) is 0 Å². The molecule has 0 unspecified atom stereocenters. The monoisotopic (exact) mass is 164 g/mol. The molecule has 0 amide bonds. The molecule has 2 rings (SSSR count). The molecule has 0 aliphatic carbocycles. The second kappa shape index (κ2) is 2.41. The van der Waals surface area contributed by atoms with Crippen molar-refractivity contribution in [3.8, 4) is 0 Å². The minimum absolute atomic E-state index is 0.371. The summed E-state index contributed by atoms with van der Waals surface area (Å²) in [6, 6.07) is 4.15. The highest BCUT2D eigenvalue weighted by Crippen LogP contribution is 2.09. The number of H-pyrrole nitrogens is 1. The molecule has 4 heteroatoms. The zero-order valence-electron chi connectivity index (χ0n) is 6.04. The minimum Gasteiger partial charge on any atom is -0.305 e. The van der Waals surface area contributed by atoms with E-state index in [0.29, 0.717) is 5.52 Å². The normalized spacial score (nSPS) is 10.4. The van der Waals surface area contributed by atoms with Crippen LogP contribution in [0.15, 0.2) is 29.2 Å². The first-order valence-electron chi connectivity index (χ1n) is 3.40. The molecule has 60 valence electrons. The van der Waals surface area contributed by atoms with Gasteiger partial charge in [-0.2, -0.15) is 0 Å². The second-order valence-electron chi connectivity index (χ2n) is 2.42. The van der Waals surface area contributed by atoms with E-state index in [1.165, 1.54) is 18.3 Å². The molecular formula is C8H5FN2O. The number of halogens is 1. The third-order valence-corrected chi connectivity index (χ3v) is 1.58. The Morgan fingerprint density at radius 2 is 2.25 bits per heavy atom. The first-order valence-corrected chi connectivity index (χ1v) is 3.40. The lowest BCUT2D eigenvalue weighted by Gasteiger charge is -1.94. The number of rotatable bonds is 0. The molecule has 0 aliphatic heterocycles. The quantitative estimate of drug-likeness (QED) is 0.632. The van der Waals surface area contributed by atoms with Crippen molar-refractivity contribution in [2.24, 2.45) is 0 Å². The Bertz CT molecular complexity index is 478. The Morgan fingerprint density at radius 1 is 1.42 bits per heavy atom. The maximum Gasteiger partial charge on any atom is 0.345 e. The van der Waals surface area contributed by atoms with Gasteiger partial charge in [0.1, 0.15) is 5.82 Å². The van der Waals surface area contributed by atoms with Gasteiger partial charge in [0.15, 0.2) is 0 Å². The van der Waals surface area contributed by atoms with Crippen LogP contribution < -0.4 is 5.69 Å². The summed E-state index contributed by atoms with van der Waals surface area (Å²) in [5.41, 5.74) is 0.00287. The number of nitrogens with zero attached hydrogens (tertiary/aromatic N) is 1. The van der Waals surface area contributed by atoms with Crippen LogP contribution >= 0.6 is 0 Å². The van der Waals surface area contributed by atoms with Gasteiger partial charge in [-0.25, -0.2) is 14.2 Å². The highest BCUT2D eigenvalue weighted by molar-refractivity contribution is 5.76. The van der Waals surface area contributed by atoms with Crippen LogP contribution in [0.3, 0.4) is 0 Å². The van der Waals surface area contributed by atoms with E-state index in [1.54, 1.807) is 6.07 Å². The topological polar surface area (TPSA) is 45.8 Å². The van der Waals surface area contributed by atoms with Crippen LogP contribution in [0.4, 0.5) is 4.39 Å². The highest BCUT2D eigenvalue weighted by Gasteiger charge is 1.95. The fourth-order valence-electron chi connectivity index (χ4n) is 1.02. The molecule has 12 heavy (non-hydrogen) atoms. The van der Waals surface area contributed by atoms with Crippen LogP contribution in [0, 0.1) is 5.82 Å². The Labute approximate surface area is 66.9 Å². The molecule has 0 spiro atoms. The van der Waals surface area contributed by atoms with Gasteiger partial charge in [0.25, 0.3) is 0 Å². The summed E-state index contributed by atoms with van der Waals surface area (Å²) < 4.78 is 12.6. The molecule has 0 radical (unpaired) electrons. The van der Waals surface area contributed by atoms with Gasteiger partial charge >= 0.3 is 5.69 Å². The van der Waals surface area contributed by atoms with E-state index >= 15 is 0 Å². The molecular weight excluding hydrogens is 159 g/mol. The average molecular weight is 164 g/mol. The summed E-state index contributed by atoms with van der Waals surface area (Å²) in [5.74, 6) is -0.371. The van der Waals surface area contributed by atoms with E-state index in [1.807, 2.05) is 0 Å². The summed E-state index contributed by atoms with van der Waals surface area (Å²) in [6.45, 7) is 0. The standard InChI is InChI=1S/C8H5FN2O/c9-6-2-1-5-4-10-8(12)11-7(5)3-6/h1-4H,(H,10,11,12). The van der Waals surface area contributed by atoms with Gasteiger partial charge in [-0.05, 0) is 18.2 Å². The minimum atomic E-state index is -0.465. The summed E-state index contributed by atoms with van der Waals surface area (Å²) in [6.07, 6.45) is 1.41. The van der Waals surface area contributed by atoms with Crippen molar-refractivity contribution in [3.63, 3.8) is 0 Å². The van der Waals surface area contributed by atoms with E-state index in [4.69, 9.17) is 0 Å². The molecule has 0 aliphatic rings. The molecule has 3 nitrogen and oxygen atoms in total. The van der Waals surface area contributed by atoms with Crippen molar-refractivity contribution in [2.45, 2.75) is 0 Å². The van der Waals surface area contributed by atoms with E-state index in [0.717, 1.165) is 5.39 Å². The molecule has 1 aromatic heterocycles. The largest absolute Gasteiger partial charge is 0.345 e. The van der Waals surface area contributed by atoms with Crippen molar-refractivity contribution in [3.05, 3.63) is 40.7 Å². The summed E-state index contributed by atoms with van der Waals surface area (Å²) in [5, 5.41) is 0.719. The number of hydrogen-bond donors (Lipinski definition) is 1. The van der Waals surface area contributed by atoms with Crippen molar-refractivity contribution in [1.29, 1.82) is 0 Å². The number of fused-ring (bicyclic) bond motifs is 1. The summed E-state index contributed by atoms with van der Waals surface area (Å²) >= 11 is 0. The maximum absolute atomic E-state index is 12.6. The lowest BCUT2D eigenvalue weighted by atomic mass is 10.2. The number of aromatic nitrogens is 2. The third-order valence-electron chi connectivity index (χ3n) is 1.58. The molecule has 0 saturated heterocycles.